The van der Waals surface area contributed by atoms with Crippen molar-refractivity contribution in [2.24, 2.45) is 0 Å². The van der Waals surface area contributed by atoms with Gasteiger partial charge in [0.05, 0.1) is 11.1 Å². The Hall–Kier alpha value is -2.73. The van der Waals surface area contributed by atoms with Gasteiger partial charge in [0.25, 0.3) is 5.56 Å². The molecule has 0 saturated heterocycles. The van der Waals surface area contributed by atoms with Gasteiger partial charge in [0.15, 0.2) is 0 Å². The summed E-state index contributed by atoms with van der Waals surface area (Å²) in [4.78, 5) is 23.1. The van der Waals surface area contributed by atoms with E-state index in [4.69, 9.17) is 4.98 Å². The summed E-state index contributed by atoms with van der Waals surface area (Å²) in [6.45, 7) is 4.71. The van der Waals surface area contributed by atoms with Gasteiger partial charge in [-0.25, -0.2) is 9.97 Å². The van der Waals surface area contributed by atoms with Gasteiger partial charge in [0, 0.05) is 18.4 Å². The average molecular weight is 336 g/mol. The molecular weight excluding hydrogens is 320 g/mol. The lowest BCUT2D eigenvalue weighted by Crippen LogP contribution is -2.21. The van der Waals surface area contributed by atoms with E-state index in [9.17, 15) is 4.79 Å². The molecule has 0 aliphatic heterocycles. The number of nitrogens with zero attached hydrogens (tertiary/aromatic N) is 3. The first kappa shape index (κ1) is 14.8. The van der Waals surface area contributed by atoms with Crippen LogP contribution >= 0.6 is 11.3 Å². The third-order valence-electron chi connectivity index (χ3n) is 3.94. The molecule has 0 aliphatic carbocycles. The molecular formula is C18H16N4OS. The van der Waals surface area contributed by atoms with Crippen molar-refractivity contribution in [2.45, 2.75) is 13.8 Å². The molecule has 6 heteroatoms. The highest BCUT2D eigenvalue weighted by Gasteiger charge is 2.17. The van der Waals surface area contributed by atoms with E-state index in [0.717, 1.165) is 33.7 Å². The van der Waals surface area contributed by atoms with Crippen LogP contribution < -0.4 is 10.9 Å². The van der Waals surface area contributed by atoms with Crippen molar-refractivity contribution in [2.75, 3.05) is 11.9 Å². The van der Waals surface area contributed by atoms with Gasteiger partial charge >= 0.3 is 0 Å². The zero-order valence-corrected chi connectivity index (χ0v) is 14.2. The first-order valence-electron chi connectivity index (χ1n) is 7.81. The van der Waals surface area contributed by atoms with Gasteiger partial charge < -0.3 is 5.32 Å². The van der Waals surface area contributed by atoms with E-state index < -0.39 is 0 Å². The van der Waals surface area contributed by atoms with Crippen molar-refractivity contribution < 1.29 is 0 Å². The molecule has 0 bridgehead atoms. The fraction of sp³-hybridized carbons (Fsp3) is 0.167. The second-order valence-corrected chi connectivity index (χ2v) is 6.48. The van der Waals surface area contributed by atoms with Gasteiger partial charge in [-0.2, -0.15) is 0 Å². The third kappa shape index (κ3) is 2.18. The van der Waals surface area contributed by atoms with Gasteiger partial charge in [0.1, 0.15) is 20.9 Å². The molecule has 0 unspecified atom stereocenters. The van der Waals surface area contributed by atoms with E-state index in [2.05, 4.69) is 10.3 Å². The SMILES string of the molecule is CCNc1ccnc2sc3c(=O)n(-c4ccccc4)c(C)nc3c12. The Morgan fingerprint density at radius 3 is 2.75 bits per heavy atom. The number of fused-ring (bicyclic) bond motifs is 3. The Morgan fingerprint density at radius 2 is 2.00 bits per heavy atom. The highest BCUT2D eigenvalue weighted by Crippen LogP contribution is 2.34. The van der Waals surface area contributed by atoms with Crippen molar-refractivity contribution >= 4 is 37.5 Å². The summed E-state index contributed by atoms with van der Waals surface area (Å²) in [6.07, 6.45) is 1.76. The summed E-state index contributed by atoms with van der Waals surface area (Å²) in [5.74, 6) is 0.671. The second-order valence-electron chi connectivity index (χ2n) is 5.48. The summed E-state index contributed by atoms with van der Waals surface area (Å²) in [5, 5.41) is 4.26. The number of benzene rings is 1. The minimum Gasteiger partial charge on any atom is -0.385 e. The lowest BCUT2D eigenvalue weighted by Gasteiger charge is -2.09. The number of aromatic nitrogens is 3. The number of para-hydroxylation sites is 1. The van der Waals surface area contributed by atoms with Gasteiger partial charge in [-0.15, -0.1) is 11.3 Å². The van der Waals surface area contributed by atoms with Crippen LogP contribution in [0.15, 0.2) is 47.4 Å². The Kier molecular flexibility index (Phi) is 3.54. The van der Waals surface area contributed by atoms with E-state index in [1.54, 1.807) is 10.8 Å². The zero-order valence-electron chi connectivity index (χ0n) is 13.4. The van der Waals surface area contributed by atoms with Crippen LogP contribution in [-0.2, 0) is 0 Å². The average Bonchev–Trinajstić information content (AvgIpc) is 2.96. The predicted octanol–water partition coefficient (Wildman–Crippen LogP) is 3.74. The van der Waals surface area contributed by atoms with Crippen LogP contribution in [0.25, 0.3) is 26.1 Å². The molecule has 0 fully saturated rings. The summed E-state index contributed by atoms with van der Waals surface area (Å²) in [5.41, 5.74) is 2.48. The molecule has 4 rings (SSSR count). The molecule has 0 saturated carbocycles. The van der Waals surface area contributed by atoms with Gasteiger partial charge in [0.2, 0.25) is 0 Å². The van der Waals surface area contributed by atoms with Crippen molar-refractivity contribution in [1.82, 2.24) is 14.5 Å². The van der Waals surface area contributed by atoms with Gasteiger partial charge in [-0.3, -0.25) is 9.36 Å². The minimum absolute atomic E-state index is 0.0471. The highest BCUT2D eigenvalue weighted by atomic mass is 32.1. The van der Waals surface area contributed by atoms with E-state index >= 15 is 0 Å². The lowest BCUT2D eigenvalue weighted by atomic mass is 10.2. The number of pyridine rings is 1. The Balaban J connectivity index is 2.10. The predicted molar refractivity (Wildman–Crippen MR) is 99.4 cm³/mol. The molecule has 3 heterocycles. The van der Waals surface area contributed by atoms with Crippen LogP contribution in [0, 0.1) is 6.92 Å². The van der Waals surface area contributed by atoms with Crippen LogP contribution in [0.4, 0.5) is 5.69 Å². The summed E-state index contributed by atoms with van der Waals surface area (Å²) in [6, 6.07) is 11.5. The van der Waals surface area contributed by atoms with Gasteiger partial charge in [-0.05, 0) is 32.0 Å². The number of thiophene rings is 1. The summed E-state index contributed by atoms with van der Waals surface area (Å²) in [7, 11) is 0. The van der Waals surface area contributed by atoms with Crippen molar-refractivity contribution in [3.63, 3.8) is 0 Å². The maximum atomic E-state index is 13.1. The molecule has 24 heavy (non-hydrogen) atoms. The molecule has 3 aromatic heterocycles. The standard InChI is InChI=1S/C18H16N4OS/c1-3-19-13-9-10-20-17-14(13)15-16(24-17)18(23)22(11(2)21-15)12-7-5-4-6-8-12/h4-10H,3H2,1-2H3,(H,19,20). The summed E-state index contributed by atoms with van der Waals surface area (Å²) >= 11 is 1.40. The normalized spacial score (nSPS) is 11.2. The topological polar surface area (TPSA) is 59.8 Å². The second kappa shape index (κ2) is 5.72. The molecule has 1 N–H and O–H groups in total. The molecule has 1 aromatic carbocycles. The fourth-order valence-electron chi connectivity index (χ4n) is 2.94. The van der Waals surface area contributed by atoms with Crippen molar-refractivity contribution in [3.8, 4) is 5.69 Å². The molecule has 5 nitrogen and oxygen atoms in total. The maximum Gasteiger partial charge on any atom is 0.276 e. The monoisotopic (exact) mass is 336 g/mol. The van der Waals surface area contributed by atoms with E-state index in [1.165, 1.54) is 11.3 Å². The van der Waals surface area contributed by atoms with Crippen LogP contribution in [0.2, 0.25) is 0 Å². The highest BCUT2D eigenvalue weighted by molar-refractivity contribution is 7.25. The molecule has 0 atom stereocenters. The molecule has 0 radical (unpaired) electrons. The number of nitrogens with one attached hydrogen (secondary N) is 1. The first-order valence-corrected chi connectivity index (χ1v) is 8.62. The third-order valence-corrected chi connectivity index (χ3v) is 5.02. The number of anilines is 1. The summed E-state index contributed by atoms with van der Waals surface area (Å²) < 4.78 is 2.29. The Morgan fingerprint density at radius 1 is 1.21 bits per heavy atom. The lowest BCUT2D eigenvalue weighted by molar-refractivity contribution is 0.898. The largest absolute Gasteiger partial charge is 0.385 e. The van der Waals surface area contributed by atoms with Crippen LogP contribution in [-0.4, -0.2) is 21.1 Å². The van der Waals surface area contributed by atoms with E-state index in [0.29, 0.717) is 10.5 Å². The number of hydrogen-bond donors (Lipinski definition) is 1. The number of rotatable bonds is 3. The van der Waals surface area contributed by atoms with Gasteiger partial charge in [-0.1, -0.05) is 18.2 Å². The van der Waals surface area contributed by atoms with E-state index in [1.807, 2.05) is 50.2 Å². The molecule has 120 valence electrons. The Bertz CT molecular complexity index is 1100. The van der Waals surface area contributed by atoms with E-state index in [-0.39, 0.29) is 5.56 Å². The van der Waals surface area contributed by atoms with Crippen molar-refractivity contribution in [3.05, 3.63) is 58.8 Å². The fourth-order valence-corrected chi connectivity index (χ4v) is 3.98. The van der Waals surface area contributed by atoms with Crippen LogP contribution in [0.5, 0.6) is 0 Å². The molecule has 0 aliphatic rings. The molecule has 0 spiro atoms. The molecule has 4 aromatic rings. The van der Waals surface area contributed by atoms with Crippen molar-refractivity contribution in [1.29, 1.82) is 0 Å². The number of hydrogen-bond acceptors (Lipinski definition) is 5. The smallest absolute Gasteiger partial charge is 0.276 e. The van der Waals surface area contributed by atoms with Crippen LogP contribution in [0.3, 0.4) is 0 Å². The van der Waals surface area contributed by atoms with Crippen LogP contribution in [0.1, 0.15) is 12.7 Å². The Labute approximate surface area is 142 Å². The number of aryl methyl sites for hydroxylation is 1. The molecule has 0 amide bonds. The zero-order chi connectivity index (χ0) is 16.7. The first-order chi connectivity index (χ1) is 11.7. The quantitative estimate of drug-likeness (QED) is 0.619. The minimum atomic E-state index is -0.0471. The maximum absolute atomic E-state index is 13.1.